The van der Waals surface area contributed by atoms with Crippen molar-refractivity contribution in [3.8, 4) is 0 Å². The Labute approximate surface area is 189 Å². The molecule has 0 aliphatic heterocycles. The number of benzene rings is 3. The van der Waals surface area contributed by atoms with Crippen LogP contribution in [0.25, 0.3) is 0 Å². The first-order valence-corrected chi connectivity index (χ1v) is 12.5. The van der Waals surface area contributed by atoms with Crippen molar-refractivity contribution >= 4 is 53.3 Å². The van der Waals surface area contributed by atoms with Crippen molar-refractivity contribution in [3.05, 3.63) is 92.4 Å². The molecule has 1 N–H and O–H groups in total. The van der Waals surface area contributed by atoms with E-state index in [9.17, 15) is 8.42 Å². The Hall–Kier alpha value is -1.83. The lowest BCUT2D eigenvalue weighted by Gasteiger charge is -2.28. The van der Waals surface area contributed by atoms with Gasteiger partial charge in [-0.3, -0.25) is 4.72 Å². The molecule has 0 saturated carbocycles. The van der Waals surface area contributed by atoms with Crippen LogP contribution >= 0.6 is 31.9 Å². The first kappa shape index (κ1) is 21.9. The molecule has 3 aromatic rings. The Morgan fingerprint density at radius 3 is 1.83 bits per heavy atom. The Morgan fingerprint density at radius 2 is 1.34 bits per heavy atom. The molecule has 0 heterocycles. The van der Waals surface area contributed by atoms with Gasteiger partial charge in [0.25, 0.3) is 0 Å². The standard InChI is InChI=1S/C22H22Br2N2O2S/c1-16-21(25-29(2,27)28)12-7-13-22(16)26(14-17-8-3-5-10-19(17)23)15-18-9-4-6-11-20(18)24/h3-13,25H,14-15H2,1-2H3. The highest BCUT2D eigenvalue weighted by Gasteiger charge is 2.16. The third kappa shape index (κ3) is 5.84. The van der Waals surface area contributed by atoms with Crippen molar-refractivity contribution in [1.29, 1.82) is 0 Å². The Kier molecular flexibility index (Phi) is 7.03. The molecule has 0 atom stereocenters. The summed E-state index contributed by atoms with van der Waals surface area (Å²) >= 11 is 7.28. The van der Waals surface area contributed by atoms with Crippen molar-refractivity contribution in [2.45, 2.75) is 20.0 Å². The minimum absolute atomic E-state index is 0.592. The van der Waals surface area contributed by atoms with Crippen LogP contribution in [0.3, 0.4) is 0 Å². The molecule has 0 aliphatic rings. The van der Waals surface area contributed by atoms with Crippen molar-refractivity contribution in [2.75, 3.05) is 15.9 Å². The maximum Gasteiger partial charge on any atom is 0.229 e. The Bertz CT molecular complexity index is 1070. The molecule has 0 unspecified atom stereocenters. The topological polar surface area (TPSA) is 49.4 Å². The highest BCUT2D eigenvalue weighted by molar-refractivity contribution is 9.10. The van der Waals surface area contributed by atoms with Gasteiger partial charge in [-0.05, 0) is 47.9 Å². The van der Waals surface area contributed by atoms with E-state index in [0.717, 1.165) is 31.3 Å². The van der Waals surface area contributed by atoms with Crippen LogP contribution in [0, 0.1) is 6.92 Å². The lowest BCUT2D eigenvalue weighted by molar-refractivity contribution is 0.606. The van der Waals surface area contributed by atoms with Crippen molar-refractivity contribution in [1.82, 2.24) is 0 Å². The Balaban J connectivity index is 2.04. The zero-order valence-corrected chi connectivity index (χ0v) is 20.2. The first-order chi connectivity index (χ1) is 13.7. The molecule has 7 heteroatoms. The summed E-state index contributed by atoms with van der Waals surface area (Å²) in [5.41, 5.74) is 4.76. The third-order valence-electron chi connectivity index (χ3n) is 4.58. The fourth-order valence-corrected chi connectivity index (χ4v) is 4.61. The van der Waals surface area contributed by atoms with Crippen molar-refractivity contribution < 1.29 is 8.42 Å². The number of nitrogens with zero attached hydrogens (tertiary/aromatic N) is 1. The molecule has 0 bridgehead atoms. The predicted octanol–water partition coefficient (Wildman–Crippen LogP) is 6.10. The molecule has 4 nitrogen and oxygen atoms in total. The molecule has 0 fully saturated rings. The number of hydrogen-bond acceptors (Lipinski definition) is 3. The maximum absolute atomic E-state index is 11.8. The van der Waals surface area contributed by atoms with Gasteiger partial charge in [-0.2, -0.15) is 0 Å². The molecule has 0 saturated heterocycles. The summed E-state index contributed by atoms with van der Waals surface area (Å²) in [4.78, 5) is 2.25. The zero-order chi connectivity index (χ0) is 21.0. The van der Waals surface area contributed by atoms with Gasteiger partial charge in [0.15, 0.2) is 0 Å². The number of anilines is 2. The molecular formula is C22H22Br2N2O2S. The molecular weight excluding hydrogens is 516 g/mol. The zero-order valence-electron chi connectivity index (χ0n) is 16.2. The second-order valence-electron chi connectivity index (χ2n) is 6.86. The molecule has 3 aromatic carbocycles. The number of halogens is 2. The highest BCUT2D eigenvalue weighted by Crippen LogP contribution is 2.32. The van der Waals surface area contributed by atoms with E-state index in [1.807, 2.05) is 55.5 Å². The molecule has 29 heavy (non-hydrogen) atoms. The largest absolute Gasteiger partial charge is 0.363 e. The van der Waals surface area contributed by atoms with Crippen LogP contribution in [0.2, 0.25) is 0 Å². The van der Waals surface area contributed by atoms with E-state index < -0.39 is 10.0 Å². The van der Waals surface area contributed by atoms with E-state index >= 15 is 0 Å². The van der Waals surface area contributed by atoms with Crippen LogP contribution in [-0.2, 0) is 23.1 Å². The number of hydrogen-bond donors (Lipinski definition) is 1. The van der Waals surface area contributed by atoms with Crippen LogP contribution in [-0.4, -0.2) is 14.7 Å². The van der Waals surface area contributed by atoms with E-state index in [2.05, 4.69) is 53.6 Å². The van der Waals surface area contributed by atoms with Gasteiger partial charge < -0.3 is 4.90 Å². The number of nitrogens with one attached hydrogen (secondary N) is 1. The maximum atomic E-state index is 11.8. The molecule has 0 aliphatic carbocycles. The van der Waals surface area contributed by atoms with Crippen LogP contribution in [0.4, 0.5) is 11.4 Å². The fraction of sp³-hybridized carbons (Fsp3) is 0.182. The molecule has 152 valence electrons. The first-order valence-electron chi connectivity index (χ1n) is 9.04. The van der Waals surface area contributed by atoms with Gasteiger partial charge in [-0.15, -0.1) is 0 Å². The predicted molar refractivity (Wildman–Crippen MR) is 128 cm³/mol. The van der Waals surface area contributed by atoms with E-state index in [1.165, 1.54) is 6.26 Å². The fourth-order valence-electron chi connectivity index (χ4n) is 3.17. The molecule has 0 spiro atoms. The number of rotatable bonds is 7. The summed E-state index contributed by atoms with van der Waals surface area (Å²) in [5, 5.41) is 0. The van der Waals surface area contributed by atoms with Gasteiger partial charge in [0.2, 0.25) is 10.0 Å². The third-order valence-corrected chi connectivity index (χ3v) is 6.72. The minimum Gasteiger partial charge on any atom is -0.363 e. The van der Waals surface area contributed by atoms with Crippen molar-refractivity contribution in [3.63, 3.8) is 0 Å². The van der Waals surface area contributed by atoms with Gasteiger partial charge in [-0.1, -0.05) is 74.3 Å². The van der Waals surface area contributed by atoms with E-state index in [-0.39, 0.29) is 0 Å². The van der Waals surface area contributed by atoms with Gasteiger partial charge in [0.1, 0.15) is 0 Å². The lowest BCUT2D eigenvalue weighted by atomic mass is 10.1. The summed E-state index contributed by atoms with van der Waals surface area (Å²) in [6.07, 6.45) is 1.17. The summed E-state index contributed by atoms with van der Waals surface area (Å²) in [7, 11) is -3.36. The smallest absolute Gasteiger partial charge is 0.229 e. The SMILES string of the molecule is Cc1c(NS(C)(=O)=O)cccc1N(Cc1ccccc1Br)Cc1ccccc1Br. The number of sulfonamides is 1. The molecule has 0 aromatic heterocycles. The van der Waals surface area contributed by atoms with Crippen LogP contribution in [0.1, 0.15) is 16.7 Å². The quantitative estimate of drug-likeness (QED) is 0.396. The summed E-state index contributed by atoms with van der Waals surface area (Å²) in [6.45, 7) is 3.29. The normalized spacial score (nSPS) is 11.3. The van der Waals surface area contributed by atoms with E-state index in [0.29, 0.717) is 18.8 Å². The summed E-state index contributed by atoms with van der Waals surface area (Å²) in [6, 6.07) is 21.9. The monoisotopic (exact) mass is 536 g/mol. The van der Waals surface area contributed by atoms with Crippen LogP contribution < -0.4 is 9.62 Å². The summed E-state index contributed by atoms with van der Waals surface area (Å²) < 4.78 is 28.2. The minimum atomic E-state index is -3.36. The second-order valence-corrected chi connectivity index (χ2v) is 10.3. The average Bonchev–Trinajstić information content (AvgIpc) is 2.65. The second kappa shape index (κ2) is 9.32. The van der Waals surface area contributed by atoms with E-state index in [4.69, 9.17) is 0 Å². The van der Waals surface area contributed by atoms with Crippen LogP contribution in [0.5, 0.6) is 0 Å². The summed E-state index contributed by atoms with van der Waals surface area (Å²) in [5.74, 6) is 0. The van der Waals surface area contributed by atoms with Crippen molar-refractivity contribution in [2.24, 2.45) is 0 Å². The lowest BCUT2D eigenvalue weighted by Crippen LogP contribution is -2.24. The van der Waals surface area contributed by atoms with Gasteiger partial charge in [0, 0.05) is 27.7 Å². The van der Waals surface area contributed by atoms with Gasteiger partial charge in [-0.25, -0.2) is 8.42 Å². The van der Waals surface area contributed by atoms with Gasteiger partial charge in [0.05, 0.1) is 11.9 Å². The molecule has 3 rings (SSSR count). The molecule has 0 radical (unpaired) electrons. The van der Waals surface area contributed by atoms with E-state index in [1.54, 1.807) is 6.07 Å². The van der Waals surface area contributed by atoms with Crippen LogP contribution in [0.15, 0.2) is 75.7 Å². The average molecular weight is 538 g/mol. The van der Waals surface area contributed by atoms with Gasteiger partial charge >= 0.3 is 0 Å². The highest BCUT2D eigenvalue weighted by atomic mass is 79.9. The molecule has 0 amide bonds. The Morgan fingerprint density at radius 1 is 0.828 bits per heavy atom.